The van der Waals surface area contributed by atoms with Crippen LogP contribution in [-0.4, -0.2) is 29.4 Å². The molecule has 0 aromatic rings. The minimum absolute atomic E-state index is 0.215. The Hall–Kier alpha value is -0.570. The minimum Gasteiger partial charge on any atom is -0.339 e. The van der Waals surface area contributed by atoms with Gasteiger partial charge in [0.15, 0.2) is 0 Å². The van der Waals surface area contributed by atoms with Crippen LogP contribution in [0.3, 0.4) is 0 Å². The standard InChI is InChI=1S/C16H28N2O/c1-11-6-7-13(10-14(11)17)16(19)18-9-8-12-4-2-3-5-15(12)18/h11-15H,2-10,17H2,1H3. The number of carbonyl (C=O) groups excluding carboxylic acids is 1. The van der Waals surface area contributed by atoms with E-state index in [1.54, 1.807) is 0 Å². The van der Waals surface area contributed by atoms with E-state index in [9.17, 15) is 4.79 Å². The smallest absolute Gasteiger partial charge is 0.225 e. The molecule has 1 amide bonds. The molecular weight excluding hydrogens is 236 g/mol. The van der Waals surface area contributed by atoms with Gasteiger partial charge >= 0.3 is 0 Å². The van der Waals surface area contributed by atoms with Gasteiger partial charge in [0.2, 0.25) is 5.91 Å². The maximum absolute atomic E-state index is 12.8. The first-order valence-electron chi connectivity index (χ1n) is 8.23. The van der Waals surface area contributed by atoms with Crippen molar-refractivity contribution in [3.63, 3.8) is 0 Å². The number of rotatable bonds is 1. The van der Waals surface area contributed by atoms with Crippen molar-refractivity contribution < 1.29 is 4.79 Å². The highest BCUT2D eigenvalue weighted by atomic mass is 16.2. The van der Waals surface area contributed by atoms with Crippen LogP contribution in [0.15, 0.2) is 0 Å². The molecule has 0 spiro atoms. The zero-order valence-corrected chi connectivity index (χ0v) is 12.2. The van der Waals surface area contributed by atoms with Crippen molar-refractivity contribution in [2.75, 3.05) is 6.54 Å². The quantitative estimate of drug-likeness (QED) is 0.791. The van der Waals surface area contributed by atoms with Gasteiger partial charge in [-0.2, -0.15) is 0 Å². The second-order valence-corrected chi connectivity index (χ2v) is 7.08. The van der Waals surface area contributed by atoms with Gasteiger partial charge in [-0.05, 0) is 50.4 Å². The third-order valence-electron chi connectivity index (χ3n) is 5.90. The monoisotopic (exact) mass is 264 g/mol. The molecule has 19 heavy (non-hydrogen) atoms. The predicted octanol–water partition coefficient (Wildman–Crippen LogP) is 2.54. The maximum atomic E-state index is 12.8. The van der Waals surface area contributed by atoms with Crippen molar-refractivity contribution in [1.29, 1.82) is 0 Å². The van der Waals surface area contributed by atoms with Gasteiger partial charge in [-0.3, -0.25) is 4.79 Å². The van der Waals surface area contributed by atoms with Crippen LogP contribution in [0.2, 0.25) is 0 Å². The molecule has 0 aromatic heterocycles. The lowest BCUT2D eigenvalue weighted by molar-refractivity contribution is -0.138. The molecule has 2 aliphatic carbocycles. The van der Waals surface area contributed by atoms with Gasteiger partial charge in [0.05, 0.1) is 0 Å². The molecule has 3 fully saturated rings. The lowest BCUT2D eigenvalue weighted by atomic mass is 9.78. The lowest BCUT2D eigenvalue weighted by Gasteiger charge is -2.37. The first-order valence-corrected chi connectivity index (χ1v) is 8.23. The summed E-state index contributed by atoms with van der Waals surface area (Å²) in [6, 6.07) is 0.796. The topological polar surface area (TPSA) is 46.3 Å². The van der Waals surface area contributed by atoms with Gasteiger partial charge in [-0.15, -0.1) is 0 Å². The lowest BCUT2D eigenvalue weighted by Crippen LogP contribution is -2.46. The number of hydrogen-bond donors (Lipinski definition) is 1. The van der Waals surface area contributed by atoms with Crippen molar-refractivity contribution in [2.24, 2.45) is 23.5 Å². The van der Waals surface area contributed by atoms with E-state index >= 15 is 0 Å². The number of amides is 1. The summed E-state index contributed by atoms with van der Waals surface area (Å²) in [5, 5.41) is 0. The molecule has 2 N–H and O–H groups in total. The average molecular weight is 264 g/mol. The van der Waals surface area contributed by atoms with Crippen LogP contribution in [0, 0.1) is 17.8 Å². The number of nitrogens with zero attached hydrogens (tertiary/aromatic N) is 1. The zero-order valence-electron chi connectivity index (χ0n) is 12.2. The van der Waals surface area contributed by atoms with Crippen molar-refractivity contribution in [2.45, 2.75) is 70.4 Å². The molecule has 3 rings (SSSR count). The number of nitrogens with two attached hydrogens (primary N) is 1. The highest BCUT2D eigenvalue weighted by Gasteiger charge is 2.41. The van der Waals surface area contributed by atoms with E-state index < -0.39 is 0 Å². The molecule has 2 saturated carbocycles. The van der Waals surface area contributed by atoms with E-state index in [-0.39, 0.29) is 12.0 Å². The van der Waals surface area contributed by atoms with E-state index in [2.05, 4.69) is 11.8 Å². The van der Waals surface area contributed by atoms with Gasteiger partial charge in [0, 0.05) is 24.5 Å². The van der Waals surface area contributed by atoms with E-state index in [0.717, 1.165) is 31.7 Å². The summed E-state index contributed by atoms with van der Waals surface area (Å²) >= 11 is 0. The predicted molar refractivity (Wildman–Crippen MR) is 76.6 cm³/mol. The van der Waals surface area contributed by atoms with Crippen LogP contribution in [0.4, 0.5) is 0 Å². The van der Waals surface area contributed by atoms with E-state index in [4.69, 9.17) is 5.73 Å². The van der Waals surface area contributed by atoms with Crippen LogP contribution in [0.5, 0.6) is 0 Å². The fourth-order valence-corrected chi connectivity index (χ4v) is 4.50. The number of likely N-dealkylation sites (tertiary alicyclic amines) is 1. The Morgan fingerprint density at radius 1 is 1.11 bits per heavy atom. The van der Waals surface area contributed by atoms with E-state index in [1.165, 1.54) is 32.1 Å². The van der Waals surface area contributed by atoms with Crippen molar-refractivity contribution >= 4 is 5.91 Å². The Balaban J connectivity index is 1.64. The molecule has 5 unspecified atom stereocenters. The first-order chi connectivity index (χ1) is 9.16. The largest absolute Gasteiger partial charge is 0.339 e. The van der Waals surface area contributed by atoms with Gasteiger partial charge in [0.25, 0.3) is 0 Å². The summed E-state index contributed by atoms with van der Waals surface area (Å²) in [5.74, 6) is 2.03. The normalized spacial score (nSPS) is 43.1. The first kappa shape index (κ1) is 13.4. The van der Waals surface area contributed by atoms with Crippen LogP contribution in [-0.2, 0) is 4.79 Å². The Morgan fingerprint density at radius 2 is 1.89 bits per heavy atom. The molecule has 1 saturated heterocycles. The Labute approximate surface area is 116 Å². The summed E-state index contributed by atoms with van der Waals surface area (Å²) in [5.41, 5.74) is 6.17. The highest BCUT2D eigenvalue weighted by molar-refractivity contribution is 5.79. The molecule has 3 nitrogen and oxygen atoms in total. The van der Waals surface area contributed by atoms with Gasteiger partial charge in [-0.25, -0.2) is 0 Å². The second-order valence-electron chi connectivity index (χ2n) is 7.08. The summed E-state index contributed by atoms with van der Waals surface area (Å²) in [7, 11) is 0. The van der Waals surface area contributed by atoms with Crippen LogP contribution < -0.4 is 5.73 Å². The van der Waals surface area contributed by atoms with Crippen molar-refractivity contribution in [3.05, 3.63) is 0 Å². The van der Waals surface area contributed by atoms with Gasteiger partial charge < -0.3 is 10.6 Å². The maximum Gasteiger partial charge on any atom is 0.225 e. The summed E-state index contributed by atoms with van der Waals surface area (Å²) in [6.07, 6.45) is 9.60. The minimum atomic E-state index is 0.215. The van der Waals surface area contributed by atoms with Gasteiger partial charge in [0.1, 0.15) is 0 Å². The Bertz CT molecular complexity index is 344. The summed E-state index contributed by atoms with van der Waals surface area (Å²) < 4.78 is 0. The summed E-state index contributed by atoms with van der Waals surface area (Å²) in [6.45, 7) is 3.23. The molecule has 3 aliphatic rings. The zero-order chi connectivity index (χ0) is 13.4. The third kappa shape index (κ3) is 2.54. The van der Waals surface area contributed by atoms with Crippen LogP contribution in [0.25, 0.3) is 0 Å². The van der Waals surface area contributed by atoms with E-state index in [0.29, 0.717) is 17.9 Å². The molecule has 5 atom stereocenters. The fraction of sp³-hybridized carbons (Fsp3) is 0.938. The second kappa shape index (κ2) is 5.43. The third-order valence-corrected chi connectivity index (χ3v) is 5.90. The molecule has 0 bridgehead atoms. The number of carbonyl (C=O) groups is 1. The Morgan fingerprint density at radius 3 is 2.68 bits per heavy atom. The average Bonchev–Trinajstić information content (AvgIpc) is 2.85. The summed E-state index contributed by atoms with van der Waals surface area (Å²) in [4.78, 5) is 15.0. The van der Waals surface area contributed by atoms with Crippen molar-refractivity contribution in [3.8, 4) is 0 Å². The van der Waals surface area contributed by atoms with Crippen LogP contribution >= 0.6 is 0 Å². The number of hydrogen-bond acceptors (Lipinski definition) is 2. The van der Waals surface area contributed by atoms with Gasteiger partial charge in [-0.1, -0.05) is 19.8 Å². The highest BCUT2D eigenvalue weighted by Crippen LogP contribution is 2.38. The van der Waals surface area contributed by atoms with E-state index in [1.807, 2.05) is 0 Å². The van der Waals surface area contributed by atoms with Crippen LogP contribution in [0.1, 0.15) is 58.3 Å². The molecule has 108 valence electrons. The molecule has 0 radical (unpaired) electrons. The molecule has 1 heterocycles. The molecule has 0 aromatic carbocycles. The molecular formula is C16H28N2O. The SMILES string of the molecule is CC1CCC(C(=O)N2CCC3CCCCC32)CC1N. The fourth-order valence-electron chi connectivity index (χ4n) is 4.50. The van der Waals surface area contributed by atoms with Crippen molar-refractivity contribution in [1.82, 2.24) is 4.90 Å². The Kier molecular flexibility index (Phi) is 3.84. The molecule has 1 aliphatic heterocycles. The number of fused-ring (bicyclic) bond motifs is 1. The molecule has 3 heteroatoms.